The standard InChI is InChI=1S/C22H28FN3O5S/c1-14-4-5-16(23)12-15(14)13-31-17-6-8-18(9-7-17)32(29,30)19-10-11-25-21(2,3)22(19,24)20(27)26-28/h4-9,12,19,25,28H,10-11,13,24H2,1-3H3,(H,26,27). The molecule has 2 atom stereocenters. The molecule has 5 N–H and O–H groups in total. The minimum absolute atomic E-state index is 0.0185. The van der Waals surface area contributed by atoms with E-state index in [2.05, 4.69) is 5.32 Å². The predicted molar refractivity (Wildman–Crippen MR) is 116 cm³/mol. The van der Waals surface area contributed by atoms with Crippen LogP contribution in [-0.4, -0.2) is 42.4 Å². The average molecular weight is 466 g/mol. The summed E-state index contributed by atoms with van der Waals surface area (Å²) in [5.41, 5.74) is 6.43. The number of ether oxygens (including phenoxy) is 1. The van der Waals surface area contributed by atoms with E-state index in [0.29, 0.717) is 17.9 Å². The molecule has 1 saturated heterocycles. The smallest absolute Gasteiger partial charge is 0.266 e. The van der Waals surface area contributed by atoms with Gasteiger partial charge in [0.05, 0.1) is 10.1 Å². The summed E-state index contributed by atoms with van der Waals surface area (Å²) in [4.78, 5) is 12.5. The molecule has 1 aliphatic heterocycles. The first-order valence-corrected chi connectivity index (χ1v) is 11.7. The van der Waals surface area contributed by atoms with Crippen molar-refractivity contribution in [3.05, 3.63) is 59.4 Å². The highest BCUT2D eigenvalue weighted by Crippen LogP contribution is 2.36. The average Bonchev–Trinajstić information content (AvgIpc) is 2.75. The Morgan fingerprint density at radius 3 is 2.56 bits per heavy atom. The highest BCUT2D eigenvalue weighted by molar-refractivity contribution is 7.92. The van der Waals surface area contributed by atoms with E-state index in [0.717, 1.165) is 5.56 Å². The third-order valence-electron chi connectivity index (χ3n) is 6.23. The molecule has 1 amide bonds. The Bertz CT molecular complexity index is 1110. The molecule has 0 saturated carbocycles. The minimum atomic E-state index is -4.03. The second-order valence-corrected chi connectivity index (χ2v) is 10.6. The van der Waals surface area contributed by atoms with Gasteiger partial charge < -0.3 is 15.8 Å². The van der Waals surface area contributed by atoms with Crippen molar-refractivity contribution in [2.45, 2.75) is 55.0 Å². The summed E-state index contributed by atoms with van der Waals surface area (Å²) in [5, 5.41) is 11.0. The van der Waals surface area contributed by atoms with Crippen LogP contribution in [0.4, 0.5) is 4.39 Å². The molecular formula is C22H28FN3O5S. The molecule has 0 bridgehead atoms. The van der Waals surface area contributed by atoms with Crippen LogP contribution in [0.5, 0.6) is 5.75 Å². The number of piperidine rings is 1. The number of hydrogen-bond donors (Lipinski definition) is 4. The monoisotopic (exact) mass is 465 g/mol. The van der Waals surface area contributed by atoms with Gasteiger partial charge in [-0.1, -0.05) is 6.07 Å². The number of aryl methyl sites for hydroxylation is 1. The topological polar surface area (TPSA) is 131 Å². The zero-order valence-corrected chi connectivity index (χ0v) is 19.0. The third kappa shape index (κ3) is 4.23. The van der Waals surface area contributed by atoms with Crippen LogP contribution in [-0.2, 0) is 21.2 Å². The summed E-state index contributed by atoms with van der Waals surface area (Å²) in [6.07, 6.45) is 0.0901. The molecule has 0 spiro atoms. The van der Waals surface area contributed by atoms with Crippen molar-refractivity contribution in [3.63, 3.8) is 0 Å². The largest absolute Gasteiger partial charge is 0.489 e. The van der Waals surface area contributed by atoms with Gasteiger partial charge in [-0.15, -0.1) is 0 Å². The van der Waals surface area contributed by atoms with Crippen LogP contribution in [0.3, 0.4) is 0 Å². The van der Waals surface area contributed by atoms with Gasteiger partial charge in [0, 0.05) is 5.54 Å². The number of rotatable bonds is 6. The number of amides is 1. The summed E-state index contributed by atoms with van der Waals surface area (Å²) >= 11 is 0. The number of halogens is 1. The van der Waals surface area contributed by atoms with E-state index in [1.807, 2.05) is 6.92 Å². The quantitative estimate of drug-likeness (QED) is 0.378. The van der Waals surface area contributed by atoms with Crippen molar-refractivity contribution < 1.29 is 27.5 Å². The van der Waals surface area contributed by atoms with Gasteiger partial charge >= 0.3 is 0 Å². The van der Waals surface area contributed by atoms with E-state index in [9.17, 15) is 22.8 Å². The molecular weight excluding hydrogens is 437 g/mol. The summed E-state index contributed by atoms with van der Waals surface area (Å²) in [5.74, 6) is -0.934. The Morgan fingerprint density at radius 2 is 1.94 bits per heavy atom. The predicted octanol–water partition coefficient (Wildman–Crippen LogP) is 1.83. The first kappa shape index (κ1) is 24.1. The molecule has 0 aromatic heterocycles. The number of carbonyl (C=O) groups is 1. The number of carbonyl (C=O) groups excluding carboxylic acids is 1. The van der Waals surface area contributed by atoms with Gasteiger partial charge in [-0.2, -0.15) is 0 Å². The molecule has 174 valence electrons. The summed E-state index contributed by atoms with van der Waals surface area (Å²) in [6, 6.07) is 10.2. The normalized spacial score (nSPS) is 22.9. The lowest BCUT2D eigenvalue weighted by Gasteiger charge is -2.50. The van der Waals surface area contributed by atoms with Gasteiger partial charge in [-0.25, -0.2) is 18.3 Å². The zero-order valence-electron chi connectivity index (χ0n) is 18.2. The van der Waals surface area contributed by atoms with Crippen LogP contribution in [0.1, 0.15) is 31.4 Å². The molecule has 1 fully saturated rings. The molecule has 1 heterocycles. The van der Waals surface area contributed by atoms with Crippen molar-refractivity contribution in [3.8, 4) is 5.75 Å². The molecule has 2 aromatic carbocycles. The van der Waals surface area contributed by atoms with Crippen LogP contribution in [0.25, 0.3) is 0 Å². The molecule has 3 rings (SSSR count). The van der Waals surface area contributed by atoms with Crippen molar-refractivity contribution in [2.24, 2.45) is 5.73 Å². The SMILES string of the molecule is Cc1ccc(F)cc1COc1ccc(S(=O)(=O)C2CCNC(C)(C)C2(N)C(=O)NO)cc1. The number of hydrogen-bond acceptors (Lipinski definition) is 7. The van der Waals surface area contributed by atoms with E-state index in [1.54, 1.807) is 19.9 Å². The van der Waals surface area contributed by atoms with Gasteiger partial charge in [-0.3, -0.25) is 10.0 Å². The second kappa shape index (κ2) is 8.78. The van der Waals surface area contributed by atoms with Crippen LogP contribution < -0.4 is 21.3 Å². The van der Waals surface area contributed by atoms with Crippen LogP contribution in [0.15, 0.2) is 47.4 Å². The van der Waals surface area contributed by atoms with E-state index >= 15 is 0 Å². The van der Waals surface area contributed by atoms with E-state index < -0.39 is 32.1 Å². The van der Waals surface area contributed by atoms with Gasteiger partial charge in [0.15, 0.2) is 9.84 Å². The van der Waals surface area contributed by atoms with Gasteiger partial charge in [0.2, 0.25) is 0 Å². The van der Waals surface area contributed by atoms with Gasteiger partial charge in [-0.05, 0) is 81.3 Å². The Labute approximate surface area is 186 Å². The van der Waals surface area contributed by atoms with E-state index in [1.165, 1.54) is 41.9 Å². The zero-order chi connectivity index (χ0) is 23.7. The van der Waals surface area contributed by atoms with E-state index in [-0.39, 0.29) is 23.7 Å². The fraction of sp³-hybridized carbons (Fsp3) is 0.409. The summed E-state index contributed by atoms with van der Waals surface area (Å²) < 4.78 is 46.0. The van der Waals surface area contributed by atoms with Crippen LogP contribution in [0, 0.1) is 12.7 Å². The van der Waals surface area contributed by atoms with Gasteiger partial charge in [0.1, 0.15) is 23.7 Å². The van der Waals surface area contributed by atoms with Crippen molar-refractivity contribution >= 4 is 15.7 Å². The fourth-order valence-electron chi connectivity index (χ4n) is 4.06. The Balaban J connectivity index is 1.85. The number of hydroxylamine groups is 1. The second-order valence-electron chi connectivity index (χ2n) is 8.51. The molecule has 0 radical (unpaired) electrons. The molecule has 2 unspecified atom stereocenters. The molecule has 0 aliphatic carbocycles. The van der Waals surface area contributed by atoms with E-state index in [4.69, 9.17) is 10.5 Å². The molecule has 1 aliphatic rings. The lowest BCUT2D eigenvalue weighted by Crippen LogP contribution is -2.79. The molecule has 2 aromatic rings. The van der Waals surface area contributed by atoms with Crippen molar-refractivity contribution in [1.82, 2.24) is 10.8 Å². The first-order chi connectivity index (χ1) is 14.9. The maximum absolute atomic E-state index is 13.5. The Kier molecular flexibility index (Phi) is 6.62. The molecule has 8 nitrogen and oxygen atoms in total. The van der Waals surface area contributed by atoms with Gasteiger partial charge in [0.25, 0.3) is 5.91 Å². The lowest BCUT2D eigenvalue weighted by atomic mass is 9.73. The summed E-state index contributed by atoms with van der Waals surface area (Å²) in [6.45, 7) is 5.55. The lowest BCUT2D eigenvalue weighted by molar-refractivity contribution is -0.138. The minimum Gasteiger partial charge on any atom is -0.489 e. The fourth-order valence-corrected chi connectivity index (χ4v) is 6.22. The maximum atomic E-state index is 13.5. The van der Waals surface area contributed by atoms with Crippen molar-refractivity contribution in [1.29, 1.82) is 0 Å². The number of benzene rings is 2. The highest BCUT2D eigenvalue weighted by Gasteiger charge is 2.60. The summed E-state index contributed by atoms with van der Waals surface area (Å²) in [7, 11) is -4.03. The third-order valence-corrected chi connectivity index (χ3v) is 8.51. The molecule has 10 heteroatoms. The highest BCUT2D eigenvalue weighted by atomic mass is 32.2. The maximum Gasteiger partial charge on any atom is 0.266 e. The number of nitrogens with one attached hydrogen (secondary N) is 2. The number of sulfone groups is 1. The molecule has 32 heavy (non-hydrogen) atoms. The Morgan fingerprint density at radius 1 is 1.28 bits per heavy atom. The van der Waals surface area contributed by atoms with Crippen LogP contribution >= 0.6 is 0 Å². The van der Waals surface area contributed by atoms with Crippen molar-refractivity contribution in [2.75, 3.05) is 6.54 Å². The number of nitrogens with two attached hydrogens (primary N) is 1. The Hall–Kier alpha value is -2.53. The van der Waals surface area contributed by atoms with Crippen LogP contribution in [0.2, 0.25) is 0 Å². The first-order valence-electron chi connectivity index (χ1n) is 10.1.